The molecule has 172 valence electrons. The average Bonchev–Trinajstić information content (AvgIpc) is 3.36. The predicted octanol–water partition coefficient (Wildman–Crippen LogP) is 4.72. The zero-order valence-electron chi connectivity index (χ0n) is 19.1. The number of fused-ring (bicyclic) bond motifs is 1. The maximum absolute atomic E-state index is 9.64. The summed E-state index contributed by atoms with van der Waals surface area (Å²) in [4.78, 5) is 14.5. The van der Waals surface area contributed by atoms with Crippen LogP contribution in [0.4, 0.5) is 11.8 Å². The number of nitrogens with zero attached hydrogens (tertiary/aromatic N) is 3. The summed E-state index contributed by atoms with van der Waals surface area (Å²) < 4.78 is 6.72. The minimum absolute atomic E-state index is 0.237. The van der Waals surface area contributed by atoms with Gasteiger partial charge in [0.1, 0.15) is 10.8 Å². The Kier molecular flexibility index (Phi) is 7.55. The molecule has 1 aliphatic rings. The zero-order chi connectivity index (χ0) is 22.5. The Morgan fingerprint density at radius 2 is 2.00 bits per heavy atom. The number of thiazole rings is 1. The van der Waals surface area contributed by atoms with Gasteiger partial charge >= 0.3 is 0 Å². The van der Waals surface area contributed by atoms with Crippen molar-refractivity contribution < 1.29 is 9.84 Å². The number of aryl methyl sites for hydroxylation is 1. The third kappa shape index (κ3) is 5.19. The van der Waals surface area contributed by atoms with E-state index in [1.54, 1.807) is 11.3 Å². The summed E-state index contributed by atoms with van der Waals surface area (Å²) >= 11 is 1.66. The van der Waals surface area contributed by atoms with Crippen molar-refractivity contribution in [1.82, 2.24) is 15.0 Å². The van der Waals surface area contributed by atoms with Crippen molar-refractivity contribution in [1.29, 1.82) is 0 Å². The van der Waals surface area contributed by atoms with Crippen LogP contribution in [0.2, 0.25) is 0 Å². The van der Waals surface area contributed by atoms with Gasteiger partial charge in [-0.25, -0.2) is 9.97 Å². The van der Waals surface area contributed by atoms with Gasteiger partial charge in [0.15, 0.2) is 0 Å². The lowest BCUT2D eigenvalue weighted by Gasteiger charge is -2.21. The highest BCUT2D eigenvalue weighted by Gasteiger charge is 2.32. The predicted molar refractivity (Wildman–Crippen MR) is 131 cm³/mol. The van der Waals surface area contributed by atoms with Crippen LogP contribution in [0.25, 0.3) is 20.8 Å². The van der Waals surface area contributed by atoms with Crippen molar-refractivity contribution in [3.05, 3.63) is 30.0 Å². The normalized spacial score (nSPS) is 20.7. The van der Waals surface area contributed by atoms with Crippen LogP contribution >= 0.6 is 11.3 Å². The van der Waals surface area contributed by atoms with Gasteiger partial charge in [0.25, 0.3) is 0 Å². The molecule has 0 saturated heterocycles. The van der Waals surface area contributed by atoms with Crippen molar-refractivity contribution in [2.75, 3.05) is 37.0 Å². The van der Waals surface area contributed by atoms with E-state index in [1.165, 1.54) is 0 Å². The van der Waals surface area contributed by atoms with Gasteiger partial charge in [-0.2, -0.15) is 4.98 Å². The van der Waals surface area contributed by atoms with E-state index in [0.717, 1.165) is 58.2 Å². The van der Waals surface area contributed by atoms with Gasteiger partial charge in [-0.1, -0.05) is 26.0 Å². The van der Waals surface area contributed by atoms with E-state index in [0.29, 0.717) is 30.9 Å². The van der Waals surface area contributed by atoms with Crippen LogP contribution in [0.5, 0.6) is 0 Å². The number of nitrogens with one attached hydrogen (secondary N) is 2. The van der Waals surface area contributed by atoms with Crippen LogP contribution in [0.3, 0.4) is 0 Å². The average molecular weight is 456 g/mol. The first-order chi connectivity index (χ1) is 15.6. The van der Waals surface area contributed by atoms with Gasteiger partial charge < -0.3 is 20.5 Å². The Labute approximate surface area is 193 Å². The van der Waals surface area contributed by atoms with Crippen molar-refractivity contribution >= 4 is 33.3 Å². The lowest BCUT2D eigenvalue weighted by molar-refractivity contribution is 0.144. The standard InChI is InChI=1S/C24H33N5O2S/c1-4-10-31-11-9-25-24-26-16(3)21(23-28-18-7-5-6-8-20(18)32-23)22(29-24)27-19-13-17(14-30)12-15(19)2/h5-8,15,17,19,30H,4,9-14H2,1-3H3,(H2,25,26,27,29). The van der Waals surface area contributed by atoms with Gasteiger partial charge in [-0.3, -0.25) is 0 Å². The molecule has 0 spiro atoms. The molecule has 0 radical (unpaired) electrons. The van der Waals surface area contributed by atoms with Gasteiger partial charge in [0.2, 0.25) is 5.95 Å². The first-order valence-corrected chi connectivity index (χ1v) is 12.3. The molecule has 1 aliphatic carbocycles. The number of hydrogen-bond acceptors (Lipinski definition) is 8. The molecule has 0 amide bonds. The van der Waals surface area contributed by atoms with E-state index in [1.807, 2.05) is 25.1 Å². The summed E-state index contributed by atoms with van der Waals surface area (Å²) in [7, 11) is 0. The number of anilines is 2. The first kappa shape index (κ1) is 22.9. The third-order valence-electron chi connectivity index (χ3n) is 6.04. The summed E-state index contributed by atoms with van der Waals surface area (Å²) in [6, 6.07) is 8.44. The molecule has 1 aromatic carbocycles. The lowest BCUT2D eigenvalue weighted by atomic mass is 10.1. The second-order valence-electron chi connectivity index (χ2n) is 8.63. The smallest absolute Gasteiger partial charge is 0.224 e. The molecule has 1 fully saturated rings. The molecule has 3 N–H and O–H groups in total. The van der Waals surface area contributed by atoms with Crippen LogP contribution in [0, 0.1) is 18.8 Å². The third-order valence-corrected chi connectivity index (χ3v) is 7.09. The van der Waals surface area contributed by atoms with Crippen molar-refractivity contribution in [2.24, 2.45) is 11.8 Å². The molecule has 3 unspecified atom stereocenters. The maximum Gasteiger partial charge on any atom is 0.224 e. The molecule has 2 aromatic heterocycles. The Bertz CT molecular complexity index is 1010. The SMILES string of the molecule is CCCOCCNc1nc(C)c(-c2nc3ccccc3s2)c(NC2CC(CO)CC2C)n1. The second-order valence-corrected chi connectivity index (χ2v) is 9.66. The first-order valence-electron chi connectivity index (χ1n) is 11.5. The van der Waals surface area contributed by atoms with E-state index in [2.05, 4.69) is 30.5 Å². The molecule has 1 saturated carbocycles. The van der Waals surface area contributed by atoms with Crippen LogP contribution < -0.4 is 10.6 Å². The molecule has 0 bridgehead atoms. The molecule has 8 heteroatoms. The summed E-state index contributed by atoms with van der Waals surface area (Å²) in [5.41, 5.74) is 2.84. The summed E-state index contributed by atoms with van der Waals surface area (Å²) in [5.74, 6) is 2.21. The van der Waals surface area contributed by atoms with Crippen LogP contribution in [-0.4, -0.2) is 52.5 Å². The number of rotatable bonds is 10. The van der Waals surface area contributed by atoms with E-state index in [-0.39, 0.29) is 12.6 Å². The molecule has 3 aromatic rings. The number of aliphatic hydroxyl groups excluding tert-OH is 1. The van der Waals surface area contributed by atoms with Gasteiger partial charge in [0.05, 0.1) is 28.1 Å². The zero-order valence-corrected chi connectivity index (χ0v) is 19.9. The molecular weight excluding hydrogens is 422 g/mol. The monoisotopic (exact) mass is 455 g/mol. The van der Waals surface area contributed by atoms with Crippen LogP contribution in [0.15, 0.2) is 24.3 Å². The van der Waals surface area contributed by atoms with Crippen LogP contribution in [0.1, 0.15) is 38.8 Å². The van der Waals surface area contributed by atoms with Gasteiger partial charge in [0, 0.05) is 25.8 Å². The fourth-order valence-corrected chi connectivity index (χ4v) is 5.44. The van der Waals surface area contributed by atoms with Crippen molar-refractivity contribution in [3.8, 4) is 10.6 Å². The molecule has 0 aliphatic heterocycles. The summed E-state index contributed by atoms with van der Waals surface area (Å²) in [6.07, 6.45) is 2.97. The highest BCUT2D eigenvalue weighted by molar-refractivity contribution is 7.21. The lowest BCUT2D eigenvalue weighted by Crippen LogP contribution is -2.24. The van der Waals surface area contributed by atoms with E-state index in [9.17, 15) is 5.11 Å². The molecule has 2 heterocycles. The number of hydrogen-bond donors (Lipinski definition) is 3. The fourth-order valence-electron chi connectivity index (χ4n) is 4.38. The number of ether oxygens (including phenoxy) is 1. The topological polar surface area (TPSA) is 92.2 Å². The number of aromatic nitrogens is 3. The quantitative estimate of drug-likeness (QED) is 0.381. The number of para-hydroxylation sites is 1. The Hall–Kier alpha value is -2.29. The Morgan fingerprint density at radius 1 is 1.16 bits per heavy atom. The maximum atomic E-state index is 9.64. The number of aliphatic hydroxyl groups is 1. The van der Waals surface area contributed by atoms with E-state index in [4.69, 9.17) is 19.7 Å². The highest BCUT2D eigenvalue weighted by atomic mass is 32.1. The Balaban J connectivity index is 1.64. The van der Waals surface area contributed by atoms with E-state index >= 15 is 0 Å². The summed E-state index contributed by atoms with van der Waals surface area (Å²) in [5, 5.41) is 17.6. The minimum Gasteiger partial charge on any atom is -0.396 e. The number of benzene rings is 1. The van der Waals surface area contributed by atoms with Crippen LogP contribution in [-0.2, 0) is 4.74 Å². The molecule has 7 nitrogen and oxygen atoms in total. The molecular formula is C24H33N5O2S. The Morgan fingerprint density at radius 3 is 2.75 bits per heavy atom. The van der Waals surface area contributed by atoms with E-state index < -0.39 is 0 Å². The van der Waals surface area contributed by atoms with Crippen molar-refractivity contribution in [2.45, 2.75) is 46.1 Å². The second kappa shape index (κ2) is 10.6. The summed E-state index contributed by atoms with van der Waals surface area (Å²) in [6.45, 7) is 8.63. The molecule has 4 rings (SSSR count). The fraction of sp³-hybridized carbons (Fsp3) is 0.542. The molecule has 3 atom stereocenters. The minimum atomic E-state index is 0.237. The van der Waals surface area contributed by atoms with Crippen molar-refractivity contribution in [3.63, 3.8) is 0 Å². The van der Waals surface area contributed by atoms with Gasteiger partial charge in [-0.15, -0.1) is 11.3 Å². The largest absolute Gasteiger partial charge is 0.396 e. The molecule has 32 heavy (non-hydrogen) atoms. The highest BCUT2D eigenvalue weighted by Crippen LogP contribution is 2.39. The van der Waals surface area contributed by atoms with Gasteiger partial charge in [-0.05, 0) is 50.2 Å².